The topological polar surface area (TPSA) is 3.24 Å². The minimum absolute atomic E-state index is 0.221. The quantitative estimate of drug-likeness (QED) is 0.699. The average molecular weight is 336 g/mol. The summed E-state index contributed by atoms with van der Waals surface area (Å²) in [4.78, 5) is 2.06. The fourth-order valence-electron chi connectivity index (χ4n) is 2.57. The van der Waals surface area contributed by atoms with Crippen LogP contribution in [0.5, 0.6) is 0 Å². The van der Waals surface area contributed by atoms with E-state index in [4.69, 9.17) is 0 Å². The molecule has 1 saturated heterocycles. The van der Waals surface area contributed by atoms with Gasteiger partial charge in [-0.25, -0.2) is 0 Å². The summed E-state index contributed by atoms with van der Waals surface area (Å²) in [6.45, 7) is 3.82. The van der Waals surface area contributed by atoms with E-state index in [1.807, 2.05) is 0 Å². The summed E-state index contributed by atoms with van der Waals surface area (Å²) < 4.78 is 39.1. The van der Waals surface area contributed by atoms with Gasteiger partial charge in [0, 0.05) is 24.1 Å². The minimum atomic E-state index is -4.29. The van der Waals surface area contributed by atoms with Crippen LogP contribution < -0.4 is 4.90 Å². The summed E-state index contributed by atoms with van der Waals surface area (Å²) in [5.41, 5.74) is 0.449. The highest BCUT2D eigenvalue weighted by Crippen LogP contribution is 2.36. The molecule has 106 valence electrons. The Morgan fingerprint density at radius 1 is 1.37 bits per heavy atom. The van der Waals surface area contributed by atoms with E-state index in [1.165, 1.54) is 6.07 Å². The number of hydrogen-bond acceptors (Lipinski definition) is 1. The monoisotopic (exact) mass is 335 g/mol. The molecule has 0 amide bonds. The van der Waals surface area contributed by atoms with Crippen molar-refractivity contribution in [2.24, 2.45) is 5.92 Å². The van der Waals surface area contributed by atoms with Gasteiger partial charge < -0.3 is 4.90 Å². The van der Waals surface area contributed by atoms with Gasteiger partial charge in [0.05, 0.1) is 5.56 Å². The van der Waals surface area contributed by atoms with Crippen LogP contribution in [0.4, 0.5) is 18.9 Å². The Balaban J connectivity index is 2.32. The maximum Gasteiger partial charge on any atom is 0.416 e. The van der Waals surface area contributed by atoms with Crippen LogP contribution in [0.15, 0.2) is 18.2 Å². The molecule has 1 aliphatic heterocycles. The molecule has 1 atom stereocenters. The second-order valence-corrected chi connectivity index (χ2v) is 5.73. The number of piperidine rings is 1. The molecule has 0 radical (unpaired) electrons. The number of nitrogens with zero attached hydrogens (tertiary/aromatic N) is 1. The van der Waals surface area contributed by atoms with Gasteiger partial charge in [-0.15, -0.1) is 0 Å². The summed E-state index contributed by atoms with van der Waals surface area (Å²) >= 11 is 3.12. The van der Waals surface area contributed by atoms with E-state index in [9.17, 15) is 13.2 Å². The zero-order valence-corrected chi connectivity index (χ0v) is 12.4. The fourth-order valence-corrected chi connectivity index (χ4v) is 3.05. The zero-order valence-electron chi connectivity index (χ0n) is 10.8. The Hall–Kier alpha value is -0.710. The molecule has 1 nitrogen and oxygen atoms in total. The van der Waals surface area contributed by atoms with Crippen LogP contribution in [0, 0.1) is 5.92 Å². The van der Waals surface area contributed by atoms with Crippen molar-refractivity contribution >= 4 is 21.6 Å². The minimum Gasteiger partial charge on any atom is -0.371 e. The fraction of sp³-hybridized carbons (Fsp3) is 0.571. The molecule has 1 unspecified atom stereocenters. The molecular weight excluding hydrogens is 319 g/mol. The van der Waals surface area contributed by atoms with Gasteiger partial charge in [0.25, 0.3) is 0 Å². The standard InChI is InChI=1S/C14H17BrF3N/c1-10-3-2-6-19(9-10)12-5-4-11(8-15)13(7-12)14(16,17)18/h4-5,7,10H,2-3,6,8-9H2,1H3. The highest BCUT2D eigenvalue weighted by molar-refractivity contribution is 9.08. The van der Waals surface area contributed by atoms with Gasteiger partial charge >= 0.3 is 6.18 Å². The summed E-state index contributed by atoms with van der Waals surface area (Å²) in [6, 6.07) is 4.66. The lowest BCUT2D eigenvalue weighted by atomic mass is 9.99. The van der Waals surface area contributed by atoms with Crippen LogP contribution in [0.1, 0.15) is 30.9 Å². The maximum atomic E-state index is 13.0. The first-order valence-corrected chi connectivity index (χ1v) is 7.55. The largest absolute Gasteiger partial charge is 0.416 e. The highest BCUT2D eigenvalue weighted by atomic mass is 79.9. The van der Waals surface area contributed by atoms with Crippen molar-refractivity contribution in [1.29, 1.82) is 0 Å². The van der Waals surface area contributed by atoms with E-state index in [0.29, 0.717) is 17.2 Å². The lowest BCUT2D eigenvalue weighted by Crippen LogP contribution is -2.34. The third-order valence-electron chi connectivity index (χ3n) is 3.56. The van der Waals surface area contributed by atoms with E-state index in [2.05, 4.69) is 27.8 Å². The second kappa shape index (κ2) is 5.73. The molecule has 0 aliphatic carbocycles. The summed E-state index contributed by atoms with van der Waals surface area (Å²) in [5, 5.41) is 0.221. The lowest BCUT2D eigenvalue weighted by Gasteiger charge is -2.33. The van der Waals surface area contributed by atoms with E-state index in [1.54, 1.807) is 12.1 Å². The number of halogens is 4. The van der Waals surface area contributed by atoms with E-state index < -0.39 is 11.7 Å². The van der Waals surface area contributed by atoms with Crippen molar-refractivity contribution in [2.75, 3.05) is 18.0 Å². The van der Waals surface area contributed by atoms with Crippen LogP contribution in [0.25, 0.3) is 0 Å². The first kappa shape index (κ1) is 14.7. The van der Waals surface area contributed by atoms with Crippen LogP contribution in [-0.2, 0) is 11.5 Å². The van der Waals surface area contributed by atoms with Gasteiger partial charge in [0.1, 0.15) is 0 Å². The molecule has 2 rings (SSSR count). The molecular formula is C14H17BrF3N. The van der Waals surface area contributed by atoms with Gasteiger partial charge in [-0.1, -0.05) is 28.9 Å². The molecule has 0 spiro atoms. The molecule has 0 bridgehead atoms. The number of hydrogen-bond donors (Lipinski definition) is 0. The van der Waals surface area contributed by atoms with E-state index in [0.717, 1.165) is 25.9 Å². The van der Waals surface area contributed by atoms with Crippen molar-refractivity contribution in [3.8, 4) is 0 Å². The summed E-state index contributed by atoms with van der Waals surface area (Å²) in [7, 11) is 0. The first-order chi connectivity index (χ1) is 8.91. The van der Waals surface area contributed by atoms with E-state index in [-0.39, 0.29) is 5.33 Å². The van der Waals surface area contributed by atoms with Crippen LogP contribution in [-0.4, -0.2) is 13.1 Å². The van der Waals surface area contributed by atoms with Crippen molar-refractivity contribution in [1.82, 2.24) is 0 Å². The Morgan fingerprint density at radius 2 is 2.11 bits per heavy atom. The van der Waals surface area contributed by atoms with Crippen molar-refractivity contribution in [3.63, 3.8) is 0 Å². The molecule has 0 saturated carbocycles. The van der Waals surface area contributed by atoms with Gasteiger partial charge in [-0.2, -0.15) is 13.2 Å². The molecule has 0 N–H and O–H groups in total. The molecule has 1 aliphatic rings. The lowest BCUT2D eigenvalue weighted by molar-refractivity contribution is -0.138. The number of anilines is 1. The molecule has 1 fully saturated rings. The van der Waals surface area contributed by atoms with E-state index >= 15 is 0 Å². The molecule has 1 aromatic rings. The van der Waals surface area contributed by atoms with Gasteiger partial charge in [-0.05, 0) is 36.5 Å². The predicted molar refractivity (Wildman–Crippen MR) is 74.7 cm³/mol. The second-order valence-electron chi connectivity index (χ2n) is 5.17. The van der Waals surface area contributed by atoms with Crippen molar-refractivity contribution < 1.29 is 13.2 Å². The number of rotatable bonds is 2. The Kier molecular flexibility index (Phi) is 4.43. The smallest absolute Gasteiger partial charge is 0.371 e. The number of alkyl halides is 4. The molecule has 19 heavy (non-hydrogen) atoms. The van der Waals surface area contributed by atoms with Crippen LogP contribution in [0.3, 0.4) is 0 Å². The predicted octanol–water partition coefficient (Wildman–Crippen LogP) is 4.84. The first-order valence-electron chi connectivity index (χ1n) is 6.43. The van der Waals surface area contributed by atoms with Gasteiger partial charge in [-0.3, -0.25) is 0 Å². The molecule has 0 aromatic heterocycles. The average Bonchev–Trinajstić information content (AvgIpc) is 2.37. The third-order valence-corrected chi connectivity index (χ3v) is 4.17. The zero-order chi connectivity index (χ0) is 14.0. The highest BCUT2D eigenvalue weighted by Gasteiger charge is 2.33. The van der Waals surface area contributed by atoms with Crippen molar-refractivity contribution in [3.05, 3.63) is 29.3 Å². The van der Waals surface area contributed by atoms with Gasteiger partial charge in [0.2, 0.25) is 0 Å². The molecule has 5 heteroatoms. The summed E-state index contributed by atoms with van der Waals surface area (Å²) in [6.07, 6.45) is -2.09. The number of benzene rings is 1. The normalized spacial score (nSPS) is 20.7. The third kappa shape index (κ3) is 3.44. The van der Waals surface area contributed by atoms with Crippen molar-refractivity contribution in [2.45, 2.75) is 31.3 Å². The molecule has 1 aromatic carbocycles. The maximum absolute atomic E-state index is 13.0. The van der Waals surface area contributed by atoms with Crippen LogP contribution >= 0.6 is 15.9 Å². The Bertz CT molecular complexity index is 445. The summed E-state index contributed by atoms with van der Waals surface area (Å²) in [5.74, 6) is 0.541. The Morgan fingerprint density at radius 3 is 2.68 bits per heavy atom. The SMILES string of the molecule is CC1CCCN(c2ccc(CBr)c(C(F)(F)F)c2)C1. The van der Waals surface area contributed by atoms with Crippen LogP contribution in [0.2, 0.25) is 0 Å². The Labute approximate surface area is 119 Å². The molecule has 1 heterocycles. The van der Waals surface area contributed by atoms with Gasteiger partial charge in [0.15, 0.2) is 0 Å².